The lowest BCUT2D eigenvalue weighted by atomic mass is 10.1. The van der Waals surface area contributed by atoms with Gasteiger partial charge in [-0.05, 0) is 67.4 Å². The molecular weight excluding hydrogens is 423 g/mol. The molecule has 9 heteroatoms. The van der Waals surface area contributed by atoms with Gasteiger partial charge in [-0.25, -0.2) is 17.5 Å². The van der Waals surface area contributed by atoms with Gasteiger partial charge in [-0.1, -0.05) is 6.07 Å². The summed E-state index contributed by atoms with van der Waals surface area (Å²) in [4.78, 5) is 12.5. The summed E-state index contributed by atoms with van der Waals surface area (Å²) in [6.45, 7) is 2.43. The molecule has 1 amide bonds. The van der Waals surface area contributed by atoms with Crippen molar-refractivity contribution >= 4 is 15.9 Å². The van der Waals surface area contributed by atoms with Gasteiger partial charge in [0.15, 0.2) is 0 Å². The molecule has 0 saturated carbocycles. The molecule has 1 heterocycles. The van der Waals surface area contributed by atoms with E-state index in [1.165, 1.54) is 42.7 Å². The van der Waals surface area contributed by atoms with E-state index in [1.54, 1.807) is 25.1 Å². The van der Waals surface area contributed by atoms with Gasteiger partial charge in [-0.2, -0.15) is 0 Å². The van der Waals surface area contributed by atoms with Crippen LogP contribution < -0.4 is 14.8 Å². The highest BCUT2D eigenvalue weighted by Crippen LogP contribution is 2.16. The molecule has 0 saturated heterocycles. The van der Waals surface area contributed by atoms with E-state index in [1.807, 2.05) is 0 Å². The van der Waals surface area contributed by atoms with Crippen molar-refractivity contribution in [3.05, 3.63) is 83.6 Å². The van der Waals surface area contributed by atoms with Crippen molar-refractivity contribution in [2.75, 3.05) is 13.2 Å². The molecule has 2 N–H and O–H groups in total. The molecule has 0 unspecified atom stereocenters. The predicted octanol–water partition coefficient (Wildman–Crippen LogP) is 3.40. The number of hydrogen-bond acceptors (Lipinski definition) is 5. The van der Waals surface area contributed by atoms with Gasteiger partial charge in [0, 0.05) is 12.1 Å². The van der Waals surface area contributed by atoms with Crippen molar-refractivity contribution in [1.29, 1.82) is 0 Å². The lowest BCUT2D eigenvalue weighted by Gasteiger charge is -2.11. The number of aryl methyl sites for hydroxylation is 1. The van der Waals surface area contributed by atoms with Gasteiger partial charge >= 0.3 is 0 Å². The minimum Gasteiger partial charge on any atom is -0.494 e. The molecule has 0 aliphatic rings. The van der Waals surface area contributed by atoms with Crippen LogP contribution in [0.5, 0.6) is 5.75 Å². The first kappa shape index (κ1) is 22.5. The van der Waals surface area contributed by atoms with Crippen LogP contribution in [-0.2, 0) is 16.6 Å². The minimum atomic E-state index is -3.81. The van der Waals surface area contributed by atoms with Crippen LogP contribution in [-0.4, -0.2) is 27.5 Å². The number of nitrogens with one attached hydrogen (secondary N) is 2. The average Bonchev–Trinajstić information content (AvgIpc) is 3.27. The number of halogens is 1. The Kier molecular flexibility index (Phi) is 7.43. The molecule has 7 nitrogen and oxygen atoms in total. The molecule has 1 aromatic heterocycles. The smallest absolute Gasteiger partial charge is 0.251 e. The first-order valence-electron chi connectivity index (χ1n) is 9.64. The topological polar surface area (TPSA) is 97.6 Å². The summed E-state index contributed by atoms with van der Waals surface area (Å²) in [6.07, 6.45) is 1.99. The molecule has 31 heavy (non-hydrogen) atoms. The fourth-order valence-corrected chi connectivity index (χ4v) is 3.78. The molecule has 3 aromatic rings. The minimum absolute atomic E-state index is 0.00514. The quantitative estimate of drug-likeness (QED) is 0.465. The van der Waals surface area contributed by atoms with E-state index >= 15 is 0 Å². The summed E-state index contributed by atoms with van der Waals surface area (Å²) in [7, 11) is -3.81. The van der Waals surface area contributed by atoms with Crippen molar-refractivity contribution in [2.45, 2.75) is 24.8 Å². The standard InChI is InChI=1S/C22H23FN2O5S/c1-16-5-10-20(31(27,28)25-15-19-4-2-12-30-19)14-21(16)22(26)24-11-3-13-29-18-8-6-17(23)7-9-18/h2,4-10,12,14,25H,3,11,13,15H2,1H3,(H,24,26). The highest BCUT2D eigenvalue weighted by atomic mass is 32.2. The Hall–Kier alpha value is -3.17. The van der Waals surface area contributed by atoms with Crippen molar-refractivity contribution in [3.63, 3.8) is 0 Å². The van der Waals surface area contributed by atoms with Crippen molar-refractivity contribution in [1.82, 2.24) is 10.0 Å². The van der Waals surface area contributed by atoms with Gasteiger partial charge < -0.3 is 14.5 Å². The third kappa shape index (κ3) is 6.40. The maximum Gasteiger partial charge on any atom is 0.251 e. The Morgan fingerprint density at radius 3 is 2.61 bits per heavy atom. The zero-order chi connectivity index (χ0) is 22.3. The monoisotopic (exact) mass is 446 g/mol. The SMILES string of the molecule is Cc1ccc(S(=O)(=O)NCc2ccco2)cc1C(=O)NCCCOc1ccc(F)cc1. The highest BCUT2D eigenvalue weighted by Gasteiger charge is 2.18. The summed E-state index contributed by atoms with van der Waals surface area (Å²) in [5, 5.41) is 2.76. The molecular formula is C22H23FN2O5S. The van der Waals surface area contributed by atoms with E-state index in [4.69, 9.17) is 9.15 Å². The van der Waals surface area contributed by atoms with Gasteiger partial charge in [0.25, 0.3) is 5.91 Å². The highest BCUT2D eigenvalue weighted by molar-refractivity contribution is 7.89. The first-order chi connectivity index (χ1) is 14.8. The second-order valence-electron chi connectivity index (χ2n) is 6.79. The van der Waals surface area contributed by atoms with Crippen molar-refractivity contribution < 1.29 is 26.8 Å². The Labute approximate surface area is 180 Å². The molecule has 2 aromatic carbocycles. The van der Waals surface area contributed by atoms with Crippen LogP contribution in [0, 0.1) is 12.7 Å². The van der Waals surface area contributed by atoms with Gasteiger partial charge in [-0.15, -0.1) is 0 Å². The molecule has 0 aliphatic carbocycles. The van der Waals surface area contributed by atoms with E-state index in [2.05, 4.69) is 10.0 Å². The summed E-state index contributed by atoms with van der Waals surface area (Å²) in [5.41, 5.74) is 0.936. The van der Waals surface area contributed by atoms with Crippen LogP contribution in [0.15, 0.2) is 70.2 Å². The molecule has 0 aliphatic heterocycles. The zero-order valence-electron chi connectivity index (χ0n) is 16.9. The predicted molar refractivity (Wildman–Crippen MR) is 113 cm³/mol. The third-order valence-electron chi connectivity index (χ3n) is 4.47. The number of ether oxygens (including phenoxy) is 1. The van der Waals surface area contributed by atoms with E-state index in [0.717, 1.165) is 0 Å². The molecule has 0 fully saturated rings. The Balaban J connectivity index is 1.53. The fourth-order valence-electron chi connectivity index (χ4n) is 2.77. The van der Waals surface area contributed by atoms with Crippen LogP contribution in [0.3, 0.4) is 0 Å². The second-order valence-corrected chi connectivity index (χ2v) is 8.56. The summed E-state index contributed by atoms with van der Waals surface area (Å²) in [6, 6.07) is 13.4. The number of hydrogen-bond donors (Lipinski definition) is 2. The Morgan fingerprint density at radius 1 is 1.13 bits per heavy atom. The van der Waals surface area contributed by atoms with Crippen LogP contribution in [0.25, 0.3) is 0 Å². The molecule has 164 valence electrons. The number of benzene rings is 2. The van der Waals surface area contributed by atoms with Gasteiger partial charge in [0.1, 0.15) is 17.3 Å². The fraction of sp³-hybridized carbons (Fsp3) is 0.227. The van der Waals surface area contributed by atoms with Gasteiger partial charge in [0.2, 0.25) is 10.0 Å². The number of rotatable bonds is 10. The maximum atomic E-state index is 12.9. The molecule has 0 spiro atoms. The number of furan rings is 1. The van der Waals surface area contributed by atoms with Gasteiger partial charge in [-0.3, -0.25) is 4.79 Å². The van der Waals surface area contributed by atoms with E-state index < -0.39 is 10.0 Å². The number of carbonyl (C=O) groups is 1. The summed E-state index contributed by atoms with van der Waals surface area (Å²) in [5.74, 6) is 0.317. The first-order valence-corrected chi connectivity index (χ1v) is 11.1. The van der Waals surface area contributed by atoms with Crippen LogP contribution in [0.2, 0.25) is 0 Å². The lowest BCUT2D eigenvalue weighted by molar-refractivity contribution is 0.0950. The van der Waals surface area contributed by atoms with E-state index in [-0.39, 0.29) is 28.7 Å². The second kappa shape index (κ2) is 10.2. The summed E-state index contributed by atoms with van der Waals surface area (Å²) < 4.78 is 51.0. The van der Waals surface area contributed by atoms with E-state index in [9.17, 15) is 17.6 Å². The number of sulfonamides is 1. The van der Waals surface area contributed by atoms with Crippen LogP contribution in [0.4, 0.5) is 4.39 Å². The largest absolute Gasteiger partial charge is 0.494 e. The number of amides is 1. The summed E-state index contributed by atoms with van der Waals surface area (Å²) >= 11 is 0. The Morgan fingerprint density at radius 2 is 1.90 bits per heavy atom. The van der Waals surface area contributed by atoms with Crippen LogP contribution >= 0.6 is 0 Å². The van der Waals surface area contributed by atoms with Crippen molar-refractivity contribution in [2.24, 2.45) is 0 Å². The number of carbonyl (C=O) groups excluding carboxylic acids is 1. The van der Waals surface area contributed by atoms with Crippen molar-refractivity contribution in [3.8, 4) is 5.75 Å². The molecule has 0 atom stereocenters. The average molecular weight is 447 g/mol. The maximum absolute atomic E-state index is 12.9. The normalized spacial score (nSPS) is 11.3. The molecule has 3 rings (SSSR count). The Bertz CT molecular complexity index is 1110. The van der Waals surface area contributed by atoms with E-state index in [0.29, 0.717) is 36.6 Å². The van der Waals surface area contributed by atoms with Gasteiger partial charge in [0.05, 0.1) is 24.3 Å². The molecule has 0 radical (unpaired) electrons. The lowest BCUT2D eigenvalue weighted by Crippen LogP contribution is -2.27. The van der Waals surface area contributed by atoms with Crippen LogP contribution in [0.1, 0.15) is 28.1 Å². The molecule has 0 bridgehead atoms. The zero-order valence-corrected chi connectivity index (χ0v) is 17.7. The third-order valence-corrected chi connectivity index (χ3v) is 5.87.